The number of amides is 1. The Bertz CT molecular complexity index is 997. The predicted molar refractivity (Wildman–Crippen MR) is 110 cm³/mol. The van der Waals surface area contributed by atoms with E-state index in [9.17, 15) is 4.79 Å². The highest BCUT2D eigenvalue weighted by molar-refractivity contribution is 5.94. The Kier molecular flexibility index (Phi) is 5.94. The predicted octanol–water partition coefficient (Wildman–Crippen LogP) is 2.71. The van der Waals surface area contributed by atoms with Crippen molar-refractivity contribution >= 4 is 5.91 Å². The number of benzene rings is 2. The van der Waals surface area contributed by atoms with Crippen LogP contribution in [0.5, 0.6) is 11.5 Å². The Morgan fingerprint density at radius 3 is 2.43 bits per heavy atom. The average Bonchev–Trinajstić information content (AvgIpc) is 3.27. The molecule has 0 atom stereocenters. The number of rotatable bonds is 6. The summed E-state index contributed by atoms with van der Waals surface area (Å²) < 4.78 is 16.0. The van der Waals surface area contributed by atoms with Crippen molar-refractivity contribution in [1.82, 2.24) is 19.9 Å². The smallest absolute Gasteiger partial charge is 0.253 e. The highest BCUT2D eigenvalue weighted by Crippen LogP contribution is 2.31. The largest absolute Gasteiger partial charge is 0.493 e. The molecule has 1 aromatic heterocycles. The quantitative estimate of drug-likeness (QED) is 0.620. The Morgan fingerprint density at radius 2 is 1.73 bits per heavy atom. The molecule has 2 aromatic carbocycles. The van der Waals surface area contributed by atoms with E-state index in [2.05, 4.69) is 15.0 Å². The van der Waals surface area contributed by atoms with Gasteiger partial charge in [0.25, 0.3) is 5.91 Å². The number of carbonyl (C=O) groups excluding carboxylic acids is 1. The lowest BCUT2D eigenvalue weighted by molar-refractivity contribution is 0.0615. The molecule has 156 valence electrons. The van der Waals surface area contributed by atoms with Crippen molar-refractivity contribution < 1.29 is 18.8 Å². The molecule has 8 heteroatoms. The summed E-state index contributed by atoms with van der Waals surface area (Å²) in [6.45, 7) is 3.40. The number of hydrogen-bond acceptors (Lipinski definition) is 7. The molecule has 8 nitrogen and oxygen atoms in total. The number of aromatic nitrogens is 2. The average molecular weight is 408 g/mol. The van der Waals surface area contributed by atoms with E-state index < -0.39 is 0 Å². The van der Waals surface area contributed by atoms with E-state index in [4.69, 9.17) is 14.0 Å². The third-order valence-electron chi connectivity index (χ3n) is 5.15. The van der Waals surface area contributed by atoms with Crippen LogP contribution in [0.2, 0.25) is 0 Å². The van der Waals surface area contributed by atoms with E-state index in [1.54, 1.807) is 14.2 Å². The van der Waals surface area contributed by atoms with Crippen LogP contribution >= 0.6 is 0 Å². The summed E-state index contributed by atoms with van der Waals surface area (Å²) in [6.07, 6.45) is 0. The highest BCUT2D eigenvalue weighted by Gasteiger charge is 2.23. The summed E-state index contributed by atoms with van der Waals surface area (Å²) in [7, 11) is 3.18. The van der Waals surface area contributed by atoms with E-state index in [-0.39, 0.29) is 5.91 Å². The Hall–Kier alpha value is -3.39. The molecule has 1 fully saturated rings. The third kappa shape index (κ3) is 4.28. The fourth-order valence-electron chi connectivity index (χ4n) is 3.48. The lowest BCUT2D eigenvalue weighted by atomic mass is 10.2. The Morgan fingerprint density at radius 1 is 1.00 bits per heavy atom. The maximum atomic E-state index is 12.6. The summed E-state index contributed by atoms with van der Waals surface area (Å²) in [5.74, 6) is 2.38. The first kappa shape index (κ1) is 19.9. The van der Waals surface area contributed by atoms with E-state index in [0.717, 1.165) is 24.2 Å². The van der Waals surface area contributed by atoms with Crippen LogP contribution in [-0.2, 0) is 6.54 Å². The second kappa shape index (κ2) is 8.96. The molecule has 1 saturated heterocycles. The zero-order chi connectivity index (χ0) is 20.9. The number of piperazine rings is 1. The van der Waals surface area contributed by atoms with Crippen LogP contribution in [0, 0.1) is 0 Å². The molecular formula is C22H24N4O4. The molecule has 3 aromatic rings. The number of methoxy groups -OCH3 is 2. The Labute approximate surface area is 175 Å². The zero-order valence-electron chi connectivity index (χ0n) is 17.1. The van der Waals surface area contributed by atoms with Crippen molar-refractivity contribution in [2.45, 2.75) is 6.54 Å². The van der Waals surface area contributed by atoms with Crippen LogP contribution in [0.25, 0.3) is 11.4 Å². The minimum absolute atomic E-state index is 0.0729. The molecular weight excluding hydrogens is 384 g/mol. The van der Waals surface area contributed by atoms with Gasteiger partial charge in [-0.1, -0.05) is 23.4 Å². The maximum Gasteiger partial charge on any atom is 0.253 e. The number of ether oxygens (including phenoxy) is 2. The van der Waals surface area contributed by atoms with Crippen LogP contribution in [0.3, 0.4) is 0 Å². The van der Waals surface area contributed by atoms with Gasteiger partial charge in [0.1, 0.15) is 0 Å². The first-order valence-electron chi connectivity index (χ1n) is 9.79. The summed E-state index contributed by atoms with van der Waals surface area (Å²) in [6, 6.07) is 14.9. The fraction of sp³-hybridized carbons (Fsp3) is 0.318. The van der Waals surface area contributed by atoms with Gasteiger partial charge < -0.3 is 18.9 Å². The minimum atomic E-state index is 0.0729. The van der Waals surface area contributed by atoms with E-state index in [1.807, 2.05) is 53.4 Å². The van der Waals surface area contributed by atoms with Crippen molar-refractivity contribution in [2.75, 3.05) is 40.4 Å². The van der Waals surface area contributed by atoms with Gasteiger partial charge in [-0.05, 0) is 30.3 Å². The molecule has 0 aliphatic carbocycles. The van der Waals surface area contributed by atoms with Crippen LogP contribution in [-0.4, -0.2) is 66.2 Å². The van der Waals surface area contributed by atoms with Gasteiger partial charge in [-0.15, -0.1) is 0 Å². The van der Waals surface area contributed by atoms with Crippen molar-refractivity contribution in [3.63, 3.8) is 0 Å². The monoisotopic (exact) mass is 408 g/mol. The summed E-state index contributed by atoms with van der Waals surface area (Å²) in [4.78, 5) is 21.2. The highest BCUT2D eigenvalue weighted by atomic mass is 16.5. The summed E-state index contributed by atoms with van der Waals surface area (Å²) >= 11 is 0. The van der Waals surface area contributed by atoms with Gasteiger partial charge in [0.2, 0.25) is 11.7 Å². The second-order valence-electron chi connectivity index (χ2n) is 7.02. The molecule has 0 unspecified atom stereocenters. The van der Waals surface area contributed by atoms with Gasteiger partial charge in [-0.3, -0.25) is 9.69 Å². The molecule has 4 rings (SSSR count). The third-order valence-corrected chi connectivity index (χ3v) is 5.15. The molecule has 0 spiro atoms. The van der Waals surface area contributed by atoms with Crippen molar-refractivity contribution in [3.05, 3.63) is 60.0 Å². The molecule has 2 heterocycles. The van der Waals surface area contributed by atoms with E-state index in [0.29, 0.717) is 42.8 Å². The van der Waals surface area contributed by atoms with Crippen LogP contribution in [0.15, 0.2) is 53.1 Å². The first-order valence-corrected chi connectivity index (χ1v) is 9.79. The SMILES string of the molecule is COc1ccc(-c2noc(CN3CCN(C(=O)c4ccccc4)CC3)n2)cc1OC. The van der Waals surface area contributed by atoms with Gasteiger partial charge in [0.05, 0.1) is 20.8 Å². The van der Waals surface area contributed by atoms with Crippen LogP contribution in [0.1, 0.15) is 16.2 Å². The normalized spacial score (nSPS) is 14.5. The minimum Gasteiger partial charge on any atom is -0.493 e. The molecule has 0 bridgehead atoms. The molecule has 1 aliphatic heterocycles. The van der Waals surface area contributed by atoms with Crippen molar-refractivity contribution in [1.29, 1.82) is 0 Å². The van der Waals surface area contributed by atoms with Crippen LogP contribution in [0.4, 0.5) is 0 Å². The lowest BCUT2D eigenvalue weighted by Crippen LogP contribution is -2.48. The number of hydrogen-bond donors (Lipinski definition) is 0. The molecule has 1 aliphatic rings. The van der Waals surface area contributed by atoms with E-state index in [1.165, 1.54) is 0 Å². The second-order valence-corrected chi connectivity index (χ2v) is 7.02. The fourth-order valence-corrected chi connectivity index (χ4v) is 3.48. The van der Waals surface area contributed by atoms with Crippen molar-refractivity contribution in [2.24, 2.45) is 0 Å². The molecule has 30 heavy (non-hydrogen) atoms. The maximum absolute atomic E-state index is 12.6. The zero-order valence-corrected chi connectivity index (χ0v) is 17.1. The van der Waals surface area contributed by atoms with Gasteiger partial charge in [0, 0.05) is 37.3 Å². The van der Waals surface area contributed by atoms with Gasteiger partial charge in [-0.25, -0.2) is 0 Å². The molecule has 0 N–H and O–H groups in total. The summed E-state index contributed by atoms with van der Waals surface area (Å²) in [5, 5.41) is 4.09. The van der Waals surface area contributed by atoms with Gasteiger partial charge in [-0.2, -0.15) is 4.98 Å². The number of nitrogens with zero attached hydrogens (tertiary/aromatic N) is 4. The Balaban J connectivity index is 1.36. The topological polar surface area (TPSA) is 80.9 Å². The molecule has 1 amide bonds. The lowest BCUT2D eigenvalue weighted by Gasteiger charge is -2.34. The first-order chi connectivity index (χ1) is 14.7. The standard InChI is InChI=1S/C22H24N4O4/c1-28-18-9-8-17(14-19(18)29-2)21-23-20(30-24-21)15-25-10-12-26(13-11-25)22(27)16-6-4-3-5-7-16/h3-9,14H,10-13,15H2,1-2H3. The summed E-state index contributed by atoms with van der Waals surface area (Å²) in [5.41, 5.74) is 1.52. The van der Waals surface area contributed by atoms with Gasteiger partial charge >= 0.3 is 0 Å². The van der Waals surface area contributed by atoms with E-state index >= 15 is 0 Å². The molecule has 0 radical (unpaired) electrons. The molecule has 0 saturated carbocycles. The van der Waals surface area contributed by atoms with Crippen LogP contribution < -0.4 is 9.47 Å². The van der Waals surface area contributed by atoms with Crippen molar-refractivity contribution in [3.8, 4) is 22.9 Å². The number of carbonyl (C=O) groups is 1. The van der Waals surface area contributed by atoms with Gasteiger partial charge in [0.15, 0.2) is 11.5 Å².